The predicted molar refractivity (Wildman–Crippen MR) is 68.9 cm³/mol. The standard InChI is InChI=1S/C11H19N3O2S/c1-3-4-9(2)14-17(15,16)11-7-5-10(13-12)6-8-11/h5-9,13-14H,3-4,12H2,1-2H3. The molecule has 0 aliphatic rings. The Morgan fingerprint density at radius 1 is 1.29 bits per heavy atom. The summed E-state index contributed by atoms with van der Waals surface area (Å²) >= 11 is 0. The lowest BCUT2D eigenvalue weighted by atomic mass is 10.2. The number of hydrogen-bond donors (Lipinski definition) is 3. The summed E-state index contributed by atoms with van der Waals surface area (Å²) in [6, 6.07) is 6.24. The lowest BCUT2D eigenvalue weighted by molar-refractivity contribution is 0.544. The van der Waals surface area contributed by atoms with E-state index in [2.05, 4.69) is 10.1 Å². The molecule has 0 fully saturated rings. The number of nitrogen functional groups attached to an aromatic ring is 1. The molecular weight excluding hydrogens is 238 g/mol. The van der Waals surface area contributed by atoms with Crippen molar-refractivity contribution in [1.29, 1.82) is 0 Å². The first-order valence-corrected chi connectivity index (χ1v) is 7.07. The van der Waals surface area contributed by atoms with Crippen molar-refractivity contribution in [2.75, 3.05) is 5.43 Å². The summed E-state index contributed by atoms with van der Waals surface area (Å²) in [4.78, 5) is 0.249. The molecule has 96 valence electrons. The predicted octanol–water partition coefficient (Wildman–Crippen LogP) is 1.44. The smallest absolute Gasteiger partial charge is 0.240 e. The zero-order chi connectivity index (χ0) is 12.9. The van der Waals surface area contributed by atoms with Gasteiger partial charge in [-0.2, -0.15) is 0 Å². The van der Waals surface area contributed by atoms with Crippen LogP contribution in [0.2, 0.25) is 0 Å². The molecule has 1 aromatic rings. The molecule has 0 heterocycles. The number of hydrogen-bond acceptors (Lipinski definition) is 4. The minimum Gasteiger partial charge on any atom is -0.324 e. The number of hydrazine groups is 1. The van der Waals surface area contributed by atoms with Crippen LogP contribution in [0.15, 0.2) is 29.2 Å². The molecule has 0 saturated heterocycles. The monoisotopic (exact) mass is 257 g/mol. The topological polar surface area (TPSA) is 84.2 Å². The Kier molecular flexibility index (Phi) is 4.92. The van der Waals surface area contributed by atoms with Crippen molar-refractivity contribution in [3.8, 4) is 0 Å². The van der Waals surface area contributed by atoms with E-state index in [4.69, 9.17) is 5.84 Å². The van der Waals surface area contributed by atoms with Gasteiger partial charge in [0, 0.05) is 11.7 Å². The third-order valence-electron chi connectivity index (χ3n) is 2.41. The van der Waals surface area contributed by atoms with Gasteiger partial charge in [0.25, 0.3) is 0 Å². The first-order chi connectivity index (χ1) is 7.99. The molecule has 0 bridgehead atoms. The van der Waals surface area contributed by atoms with E-state index >= 15 is 0 Å². The molecule has 0 saturated carbocycles. The van der Waals surface area contributed by atoms with Crippen molar-refractivity contribution in [2.45, 2.75) is 37.6 Å². The Hall–Kier alpha value is -1.11. The van der Waals surface area contributed by atoms with E-state index in [9.17, 15) is 8.42 Å². The van der Waals surface area contributed by atoms with Crippen LogP contribution in [0.5, 0.6) is 0 Å². The number of benzene rings is 1. The second-order valence-electron chi connectivity index (χ2n) is 3.98. The molecule has 1 rings (SSSR count). The second kappa shape index (κ2) is 6.00. The number of rotatable bonds is 6. The van der Waals surface area contributed by atoms with Gasteiger partial charge >= 0.3 is 0 Å². The van der Waals surface area contributed by atoms with Crippen molar-refractivity contribution < 1.29 is 8.42 Å². The minimum absolute atomic E-state index is 0.0580. The average molecular weight is 257 g/mol. The molecule has 1 unspecified atom stereocenters. The minimum atomic E-state index is -3.43. The Morgan fingerprint density at radius 2 is 1.88 bits per heavy atom. The van der Waals surface area contributed by atoms with E-state index in [0.29, 0.717) is 5.69 Å². The fourth-order valence-corrected chi connectivity index (χ4v) is 2.83. The number of anilines is 1. The van der Waals surface area contributed by atoms with Crippen molar-refractivity contribution in [2.24, 2.45) is 5.84 Å². The third-order valence-corrected chi connectivity index (χ3v) is 4.01. The molecule has 17 heavy (non-hydrogen) atoms. The van der Waals surface area contributed by atoms with Crippen molar-refractivity contribution in [3.63, 3.8) is 0 Å². The van der Waals surface area contributed by atoms with Crippen LogP contribution in [-0.4, -0.2) is 14.5 Å². The summed E-state index contributed by atoms with van der Waals surface area (Å²) in [6.45, 7) is 3.88. The van der Waals surface area contributed by atoms with E-state index in [0.717, 1.165) is 12.8 Å². The summed E-state index contributed by atoms with van der Waals surface area (Å²) in [7, 11) is -3.43. The zero-order valence-electron chi connectivity index (χ0n) is 10.1. The second-order valence-corrected chi connectivity index (χ2v) is 5.69. The van der Waals surface area contributed by atoms with Crippen LogP contribution in [0.1, 0.15) is 26.7 Å². The molecule has 5 nitrogen and oxygen atoms in total. The Balaban J connectivity index is 2.82. The normalized spacial score (nSPS) is 13.4. The molecule has 0 amide bonds. The van der Waals surface area contributed by atoms with Crippen LogP contribution in [0, 0.1) is 0 Å². The summed E-state index contributed by atoms with van der Waals surface area (Å²) in [5.74, 6) is 5.21. The number of nitrogens with two attached hydrogens (primary N) is 1. The Morgan fingerprint density at radius 3 is 2.35 bits per heavy atom. The molecular formula is C11H19N3O2S. The lowest BCUT2D eigenvalue weighted by Gasteiger charge is -2.13. The maximum absolute atomic E-state index is 12.0. The maximum atomic E-state index is 12.0. The van der Waals surface area contributed by atoms with Crippen LogP contribution >= 0.6 is 0 Å². The SMILES string of the molecule is CCCC(C)NS(=O)(=O)c1ccc(NN)cc1. The maximum Gasteiger partial charge on any atom is 0.240 e. The molecule has 0 aromatic heterocycles. The van der Waals surface area contributed by atoms with Gasteiger partial charge in [0.1, 0.15) is 0 Å². The summed E-state index contributed by atoms with van der Waals surface area (Å²) < 4.78 is 26.5. The highest BCUT2D eigenvalue weighted by Gasteiger charge is 2.16. The number of nitrogens with one attached hydrogen (secondary N) is 2. The van der Waals surface area contributed by atoms with Gasteiger partial charge in [-0.05, 0) is 37.6 Å². The molecule has 6 heteroatoms. The van der Waals surface area contributed by atoms with Crippen LogP contribution in [-0.2, 0) is 10.0 Å². The fraction of sp³-hybridized carbons (Fsp3) is 0.455. The lowest BCUT2D eigenvalue weighted by Crippen LogP contribution is -2.32. The molecule has 0 aliphatic carbocycles. The van der Waals surface area contributed by atoms with Crippen LogP contribution in [0.4, 0.5) is 5.69 Å². The van der Waals surface area contributed by atoms with Crippen molar-refractivity contribution in [1.82, 2.24) is 4.72 Å². The summed E-state index contributed by atoms with van der Waals surface area (Å²) in [5.41, 5.74) is 3.12. The van der Waals surface area contributed by atoms with Gasteiger partial charge in [-0.25, -0.2) is 13.1 Å². The third kappa shape index (κ3) is 3.99. The summed E-state index contributed by atoms with van der Waals surface area (Å²) in [6.07, 6.45) is 1.77. The van der Waals surface area contributed by atoms with Crippen LogP contribution in [0.3, 0.4) is 0 Å². The highest BCUT2D eigenvalue weighted by Crippen LogP contribution is 2.13. The van der Waals surface area contributed by atoms with Gasteiger partial charge in [-0.3, -0.25) is 5.84 Å². The van der Waals surface area contributed by atoms with Gasteiger partial charge in [0.2, 0.25) is 10.0 Å². The highest BCUT2D eigenvalue weighted by atomic mass is 32.2. The van der Waals surface area contributed by atoms with E-state index in [1.807, 2.05) is 13.8 Å². The zero-order valence-corrected chi connectivity index (χ0v) is 10.9. The molecule has 1 aromatic carbocycles. The molecule has 1 atom stereocenters. The van der Waals surface area contributed by atoms with E-state index in [1.54, 1.807) is 12.1 Å². The summed E-state index contributed by atoms with van der Waals surface area (Å²) in [5, 5.41) is 0. The van der Waals surface area contributed by atoms with E-state index < -0.39 is 10.0 Å². The highest BCUT2D eigenvalue weighted by molar-refractivity contribution is 7.89. The van der Waals surface area contributed by atoms with E-state index in [1.165, 1.54) is 12.1 Å². The van der Waals surface area contributed by atoms with Crippen molar-refractivity contribution in [3.05, 3.63) is 24.3 Å². The van der Waals surface area contributed by atoms with Gasteiger partial charge in [-0.1, -0.05) is 13.3 Å². The van der Waals surface area contributed by atoms with E-state index in [-0.39, 0.29) is 10.9 Å². The molecule has 4 N–H and O–H groups in total. The Bertz CT molecular complexity index is 442. The van der Waals surface area contributed by atoms with Gasteiger partial charge in [0.05, 0.1) is 4.90 Å². The molecule has 0 radical (unpaired) electrons. The first-order valence-electron chi connectivity index (χ1n) is 5.58. The first kappa shape index (κ1) is 14.0. The quantitative estimate of drug-likeness (QED) is 0.532. The molecule has 0 aliphatic heterocycles. The van der Waals surface area contributed by atoms with Crippen LogP contribution < -0.4 is 16.0 Å². The molecule has 0 spiro atoms. The fourth-order valence-electron chi connectivity index (χ4n) is 1.56. The average Bonchev–Trinajstić information content (AvgIpc) is 2.28. The van der Waals surface area contributed by atoms with Gasteiger partial charge in [-0.15, -0.1) is 0 Å². The van der Waals surface area contributed by atoms with Crippen molar-refractivity contribution >= 4 is 15.7 Å². The van der Waals surface area contributed by atoms with Gasteiger partial charge < -0.3 is 5.43 Å². The number of sulfonamides is 1. The van der Waals surface area contributed by atoms with Crippen LogP contribution in [0.25, 0.3) is 0 Å². The van der Waals surface area contributed by atoms with Gasteiger partial charge in [0.15, 0.2) is 0 Å². The largest absolute Gasteiger partial charge is 0.324 e. The Labute approximate surface area is 102 Å².